The van der Waals surface area contributed by atoms with Crippen molar-refractivity contribution in [3.63, 3.8) is 0 Å². The summed E-state index contributed by atoms with van der Waals surface area (Å²) >= 11 is 0. The largest absolute Gasteiger partial charge is 0.335 e. The van der Waals surface area contributed by atoms with E-state index in [0.717, 1.165) is 32.7 Å². The van der Waals surface area contributed by atoms with Gasteiger partial charge in [0.2, 0.25) is 0 Å². The first-order chi connectivity index (χ1) is 8.65. The van der Waals surface area contributed by atoms with Gasteiger partial charge >= 0.3 is 0 Å². The van der Waals surface area contributed by atoms with Crippen LogP contribution in [0.1, 0.15) is 0 Å². The van der Waals surface area contributed by atoms with Crippen molar-refractivity contribution in [2.24, 2.45) is 0 Å². The summed E-state index contributed by atoms with van der Waals surface area (Å²) in [6, 6.07) is 0.283. The van der Waals surface area contributed by atoms with Gasteiger partial charge in [-0.3, -0.25) is 9.80 Å². The molecule has 3 fully saturated rings. The van der Waals surface area contributed by atoms with Crippen LogP contribution in [0.4, 0.5) is 0 Å². The number of fused-ring (bicyclic) bond motifs is 3. The fourth-order valence-corrected chi connectivity index (χ4v) is 3.57. The lowest BCUT2D eigenvalue weighted by molar-refractivity contribution is 0.0158. The van der Waals surface area contributed by atoms with Crippen molar-refractivity contribution in [3.8, 4) is 0 Å². The number of aromatic amines is 1. The molecular weight excluding hydrogens is 254 g/mol. The van der Waals surface area contributed by atoms with E-state index in [-0.39, 0.29) is 11.1 Å². The predicted molar refractivity (Wildman–Crippen MR) is 65.6 cm³/mol. The molecule has 7 nitrogen and oxygen atoms in total. The molecular formula is C10H17N5O2S. The van der Waals surface area contributed by atoms with Crippen molar-refractivity contribution in [3.05, 3.63) is 12.5 Å². The van der Waals surface area contributed by atoms with E-state index in [0.29, 0.717) is 6.54 Å². The summed E-state index contributed by atoms with van der Waals surface area (Å²) in [5.74, 6) is 0. The van der Waals surface area contributed by atoms with Gasteiger partial charge in [-0.25, -0.2) is 18.1 Å². The third-order valence-electron chi connectivity index (χ3n) is 3.66. The molecule has 100 valence electrons. The molecule has 4 heterocycles. The van der Waals surface area contributed by atoms with Gasteiger partial charge in [-0.1, -0.05) is 0 Å². The second kappa shape index (κ2) is 4.61. The van der Waals surface area contributed by atoms with Crippen LogP contribution >= 0.6 is 0 Å². The van der Waals surface area contributed by atoms with E-state index in [2.05, 4.69) is 24.5 Å². The maximum absolute atomic E-state index is 11.9. The molecule has 1 atom stereocenters. The number of piperazine rings is 3. The average Bonchev–Trinajstić information content (AvgIpc) is 2.93. The van der Waals surface area contributed by atoms with Crippen LogP contribution in [0.15, 0.2) is 17.6 Å². The first-order valence-electron chi connectivity index (χ1n) is 6.09. The minimum absolute atomic E-state index is 0.124. The summed E-state index contributed by atoms with van der Waals surface area (Å²) < 4.78 is 26.5. The van der Waals surface area contributed by atoms with E-state index in [4.69, 9.17) is 0 Å². The van der Waals surface area contributed by atoms with Crippen molar-refractivity contribution >= 4 is 10.0 Å². The molecule has 3 saturated heterocycles. The minimum atomic E-state index is -3.45. The lowest BCUT2D eigenvalue weighted by Gasteiger charge is -2.47. The summed E-state index contributed by atoms with van der Waals surface area (Å²) in [7, 11) is -3.45. The molecule has 1 unspecified atom stereocenters. The van der Waals surface area contributed by atoms with Gasteiger partial charge in [0.25, 0.3) is 10.0 Å². The second-order valence-electron chi connectivity index (χ2n) is 4.76. The number of H-pyrrole nitrogens is 1. The molecule has 1 aromatic heterocycles. The zero-order valence-corrected chi connectivity index (χ0v) is 10.9. The number of hydrogen-bond donors (Lipinski definition) is 2. The Morgan fingerprint density at radius 3 is 2.72 bits per heavy atom. The van der Waals surface area contributed by atoms with Crippen LogP contribution in [-0.2, 0) is 10.0 Å². The highest BCUT2D eigenvalue weighted by Crippen LogP contribution is 2.15. The first kappa shape index (κ1) is 12.1. The molecule has 3 aliphatic rings. The molecule has 0 spiro atoms. The second-order valence-corrected chi connectivity index (χ2v) is 6.49. The van der Waals surface area contributed by atoms with Crippen LogP contribution in [0.3, 0.4) is 0 Å². The summed E-state index contributed by atoms with van der Waals surface area (Å²) in [5, 5.41) is 0.124. The van der Waals surface area contributed by atoms with E-state index in [9.17, 15) is 8.42 Å². The smallest absolute Gasteiger partial charge is 0.257 e. The zero-order valence-electron chi connectivity index (χ0n) is 10.0. The molecule has 2 bridgehead atoms. The molecule has 0 saturated carbocycles. The number of imidazole rings is 1. The minimum Gasteiger partial charge on any atom is -0.335 e. The van der Waals surface area contributed by atoms with E-state index in [1.807, 2.05) is 0 Å². The maximum atomic E-state index is 11.9. The molecule has 0 amide bonds. The Balaban J connectivity index is 1.62. The van der Waals surface area contributed by atoms with Crippen LogP contribution < -0.4 is 4.72 Å². The monoisotopic (exact) mass is 271 g/mol. The van der Waals surface area contributed by atoms with Gasteiger partial charge < -0.3 is 4.98 Å². The van der Waals surface area contributed by atoms with Crippen molar-refractivity contribution in [1.82, 2.24) is 24.5 Å². The number of nitrogens with one attached hydrogen (secondary N) is 2. The summed E-state index contributed by atoms with van der Waals surface area (Å²) in [6.07, 6.45) is 2.69. The van der Waals surface area contributed by atoms with Gasteiger partial charge in [-0.05, 0) is 0 Å². The van der Waals surface area contributed by atoms with E-state index in [1.165, 1.54) is 12.5 Å². The summed E-state index contributed by atoms with van der Waals surface area (Å²) in [6.45, 7) is 5.68. The zero-order chi connectivity index (χ0) is 12.6. The topological polar surface area (TPSA) is 81.3 Å². The van der Waals surface area contributed by atoms with Gasteiger partial charge in [-0.2, -0.15) is 0 Å². The van der Waals surface area contributed by atoms with Gasteiger partial charge in [-0.15, -0.1) is 0 Å². The van der Waals surface area contributed by atoms with Crippen molar-refractivity contribution in [2.75, 3.05) is 39.3 Å². The number of hydrogen-bond acceptors (Lipinski definition) is 5. The highest BCUT2D eigenvalue weighted by molar-refractivity contribution is 7.89. The molecule has 0 aliphatic carbocycles. The Morgan fingerprint density at radius 1 is 1.39 bits per heavy atom. The lowest BCUT2D eigenvalue weighted by atomic mass is 10.1. The maximum Gasteiger partial charge on any atom is 0.257 e. The van der Waals surface area contributed by atoms with Crippen LogP contribution in [0.25, 0.3) is 0 Å². The van der Waals surface area contributed by atoms with E-state index < -0.39 is 10.0 Å². The Kier molecular flexibility index (Phi) is 3.10. The normalized spacial score (nSPS) is 31.7. The molecule has 0 aromatic carbocycles. The fourth-order valence-electron chi connectivity index (χ4n) is 2.59. The Labute approximate surface area is 106 Å². The number of sulfonamides is 1. The fraction of sp³-hybridized carbons (Fsp3) is 0.700. The molecule has 8 heteroatoms. The van der Waals surface area contributed by atoms with Crippen LogP contribution in [0, 0.1) is 0 Å². The Morgan fingerprint density at radius 2 is 2.17 bits per heavy atom. The van der Waals surface area contributed by atoms with Gasteiger partial charge in [0.1, 0.15) is 0 Å². The molecule has 2 N–H and O–H groups in total. The standard InChI is InChI=1S/C10H17N5O2S/c16-18(17,10-6-11-8-12-10)13-5-9-7-14-1-3-15(9)4-2-14/h6,8-9,13H,1-5,7H2,(H,11,12). The summed E-state index contributed by atoms with van der Waals surface area (Å²) in [5.41, 5.74) is 0. The molecule has 4 rings (SSSR count). The van der Waals surface area contributed by atoms with Crippen LogP contribution in [0.5, 0.6) is 0 Å². The van der Waals surface area contributed by atoms with Gasteiger partial charge in [0, 0.05) is 45.3 Å². The Hall–Kier alpha value is -0.960. The highest BCUT2D eigenvalue weighted by atomic mass is 32.2. The third-order valence-corrected chi connectivity index (χ3v) is 5.01. The molecule has 0 radical (unpaired) electrons. The van der Waals surface area contributed by atoms with Crippen molar-refractivity contribution < 1.29 is 8.42 Å². The average molecular weight is 271 g/mol. The lowest BCUT2D eigenvalue weighted by Crippen LogP contribution is -2.63. The Bertz CT molecular complexity index is 492. The van der Waals surface area contributed by atoms with Crippen LogP contribution in [0.2, 0.25) is 0 Å². The van der Waals surface area contributed by atoms with Gasteiger partial charge in [0.15, 0.2) is 5.03 Å². The predicted octanol–water partition coefficient (Wildman–Crippen LogP) is -1.31. The number of nitrogens with zero attached hydrogens (tertiary/aromatic N) is 3. The first-order valence-corrected chi connectivity index (χ1v) is 7.58. The highest BCUT2D eigenvalue weighted by Gasteiger charge is 2.32. The summed E-state index contributed by atoms with van der Waals surface area (Å²) in [4.78, 5) is 11.1. The molecule has 18 heavy (non-hydrogen) atoms. The number of aromatic nitrogens is 2. The molecule has 1 aromatic rings. The third kappa shape index (κ3) is 2.28. The van der Waals surface area contributed by atoms with Crippen LogP contribution in [-0.4, -0.2) is 73.5 Å². The quantitative estimate of drug-likeness (QED) is 0.710. The van der Waals surface area contributed by atoms with E-state index >= 15 is 0 Å². The SMILES string of the molecule is O=S(=O)(NCC1CN2CCN1CC2)c1cnc[nH]1. The van der Waals surface area contributed by atoms with E-state index in [1.54, 1.807) is 0 Å². The van der Waals surface area contributed by atoms with Crippen molar-refractivity contribution in [1.29, 1.82) is 0 Å². The molecule has 3 aliphatic heterocycles. The van der Waals surface area contributed by atoms with Crippen molar-refractivity contribution in [2.45, 2.75) is 11.1 Å². The number of rotatable bonds is 4. The van der Waals surface area contributed by atoms with Gasteiger partial charge in [0.05, 0.1) is 12.5 Å².